The van der Waals surface area contributed by atoms with Gasteiger partial charge < -0.3 is 5.32 Å². The van der Waals surface area contributed by atoms with Gasteiger partial charge in [-0.3, -0.25) is 0 Å². The quantitative estimate of drug-likeness (QED) is 0.889. The van der Waals surface area contributed by atoms with Gasteiger partial charge in [-0.1, -0.05) is 35.9 Å². The predicted octanol–water partition coefficient (Wildman–Crippen LogP) is 4.28. The molecule has 3 heteroatoms. The lowest BCUT2D eigenvalue weighted by molar-refractivity contribution is 0.576. The Morgan fingerprint density at radius 3 is 2.70 bits per heavy atom. The lowest BCUT2D eigenvalue weighted by atomic mass is 9.95. The summed E-state index contributed by atoms with van der Waals surface area (Å²) < 4.78 is 14.1. The lowest BCUT2D eigenvalue weighted by Crippen LogP contribution is -2.19. The molecule has 0 saturated carbocycles. The predicted molar refractivity (Wildman–Crippen MR) is 80.8 cm³/mol. The normalized spacial score (nSPS) is 15.2. The Bertz CT molecular complexity index is 619. The second-order valence-electron chi connectivity index (χ2n) is 5.24. The van der Waals surface area contributed by atoms with Crippen molar-refractivity contribution in [2.75, 3.05) is 7.05 Å². The highest BCUT2D eigenvalue weighted by Gasteiger charge is 2.21. The summed E-state index contributed by atoms with van der Waals surface area (Å²) in [6.45, 7) is 0. The van der Waals surface area contributed by atoms with Gasteiger partial charge in [0.2, 0.25) is 0 Å². The van der Waals surface area contributed by atoms with Crippen molar-refractivity contribution in [3.8, 4) is 0 Å². The molecule has 2 aromatic carbocycles. The Kier molecular flexibility index (Phi) is 3.77. The van der Waals surface area contributed by atoms with Crippen LogP contribution >= 0.6 is 11.6 Å². The monoisotopic (exact) mass is 289 g/mol. The van der Waals surface area contributed by atoms with Gasteiger partial charge in [-0.25, -0.2) is 4.39 Å². The van der Waals surface area contributed by atoms with Crippen LogP contribution < -0.4 is 5.32 Å². The molecule has 0 spiro atoms. The summed E-state index contributed by atoms with van der Waals surface area (Å²) in [4.78, 5) is 0. The van der Waals surface area contributed by atoms with Crippen LogP contribution in [-0.2, 0) is 12.8 Å². The lowest BCUT2D eigenvalue weighted by Gasteiger charge is -2.20. The molecule has 0 heterocycles. The maximum Gasteiger partial charge on any atom is 0.129 e. The van der Waals surface area contributed by atoms with Crippen LogP contribution in [0, 0.1) is 5.82 Å². The molecule has 0 amide bonds. The van der Waals surface area contributed by atoms with Gasteiger partial charge >= 0.3 is 0 Å². The molecule has 1 N–H and O–H groups in total. The van der Waals surface area contributed by atoms with E-state index in [1.165, 1.54) is 23.6 Å². The van der Waals surface area contributed by atoms with E-state index in [1.807, 2.05) is 7.05 Å². The van der Waals surface area contributed by atoms with Crippen molar-refractivity contribution in [2.45, 2.75) is 25.3 Å². The first kappa shape index (κ1) is 13.6. The highest BCUT2D eigenvalue weighted by molar-refractivity contribution is 6.31. The van der Waals surface area contributed by atoms with Crippen LogP contribution in [-0.4, -0.2) is 7.05 Å². The van der Waals surface area contributed by atoms with Gasteiger partial charge in [0.25, 0.3) is 0 Å². The van der Waals surface area contributed by atoms with Crippen molar-refractivity contribution in [3.05, 3.63) is 69.5 Å². The minimum absolute atomic E-state index is 0.213. The van der Waals surface area contributed by atoms with E-state index in [2.05, 4.69) is 23.5 Å². The van der Waals surface area contributed by atoms with Gasteiger partial charge in [-0.2, -0.15) is 0 Å². The number of rotatable bonds is 3. The van der Waals surface area contributed by atoms with Crippen LogP contribution in [0.1, 0.15) is 34.7 Å². The largest absolute Gasteiger partial charge is 0.309 e. The molecular formula is C17H17ClFN. The highest BCUT2D eigenvalue weighted by atomic mass is 35.5. The Morgan fingerprint density at radius 2 is 1.95 bits per heavy atom. The summed E-state index contributed by atoms with van der Waals surface area (Å²) in [7, 11) is 1.83. The van der Waals surface area contributed by atoms with Crippen LogP contribution in [0.2, 0.25) is 5.02 Å². The summed E-state index contributed by atoms with van der Waals surface area (Å²) >= 11 is 6.19. The van der Waals surface area contributed by atoms with Gasteiger partial charge in [0.15, 0.2) is 0 Å². The molecule has 2 aromatic rings. The molecule has 0 bridgehead atoms. The van der Waals surface area contributed by atoms with E-state index in [1.54, 1.807) is 12.1 Å². The summed E-state index contributed by atoms with van der Waals surface area (Å²) in [6.07, 6.45) is 3.48. The van der Waals surface area contributed by atoms with E-state index >= 15 is 0 Å². The van der Waals surface area contributed by atoms with Gasteiger partial charge in [-0.05, 0) is 55.1 Å². The van der Waals surface area contributed by atoms with Crippen molar-refractivity contribution in [2.24, 2.45) is 0 Å². The zero-order valence-corrected chi connectivity index (χ0v) is 12.2. The molecule has 104 valence electrons. The summed E-state index contributed by atoms with van der Waals surface area (Å²) in [6, 6.07) is 11.0. The Balaban J connectivity index is 2.06. The number of halogens is 2. The van der Waals surface area contributed by atoms with E-state index in [0.717, 1.165) is 18.4 Å². The standard InChI is InChI=1S/C17H17ClFN/c1-20-17(16-14(18)6-3-7-15(16)19)13-9-8-11-4-2-5-12(11)10-13/h3,6-10,17,20H,2,4-5H2,1H3. The molecule has 3 rings (SSSR count). The number of hydrogen-bond acceptors (Lipinski definition) is 1. The topological polar surface area (TPSA) is 12.0 Å². The van der Waals surface area contributed by atoms with E-state index < -0.39 is 0 Å². The number of fused-ring (bicyclic) bond motifs is 1. The van der Waals surface area contributed by atoms with Crippen LogP contribution in [0.5, 0.6) is 0 Å². The molecule has 0 saturated heterocycles. The van der Waals surface area contributed by atoms with Crippen LogP contribution in [0.15, 0.2) is 36.4 Å². The van der Waals surface area contributed by atoms with Gasteiger partial charge in [0.1, 0.15) is 5.82 Å². The van der Waals surface area contributed by atoms with Crippen molar-refractivity contribution in [1.82, 2.24) is 5.32 Å². The fourth-order valence-corrected chi connectivity index (χ4v) is 3.31. The minimum Gasteiger partial charge on any atom is -0.309 e. The Labute approximate surface area is 123 Å². The summed E-state index contributed by atoms with van der Waals surface area (Å²) in [5.41, 5.74) is 4.40. The third kappa shape index (κ3) is 2.34. The number of benzene rings is 2. The molecule has 0 aromatic heterocycles. The summed E-state index contributed by atoms with van der Waals surface area (Å²) in [5.74, 6) is -0.266. The molecule has 1 nitrogen and oxygen atoms in total. The van der Waals surface area contributed by atoms with E-state index in [0.29, 0.717) is 10.6 Å². The van der Waals surface area contributed by atoms with Crippen molar-refractivity contribution in [3.63, 3.8) is 0 Å². The average Bonchev–Trinajstić information content (AvgIpc) is 2.90. The Hall–Kier alpha value is -1.38. The molecule has 0 radical (unpaired) electrons. The van der Waals surface area contributed by atoms with Crippen molar-refractivity contribution in [1.29, 1.82) is 0 Å². The molecule has 0 aliphatic heterocycles. The highest BCUT2D eigenvalue weighted by Crippen LogP contribution is 2.32. The summed E-state index contributed by atoms with van der Waals surface area (Å²) in [5, 5.41) is 3.65. The van der Waals surface area contributed by atoms with E-state index in [-0.39, 0.29) is 11.9 Å². The first-order valence-corrected chi connectivity index (χ1v) is 7.31. The van der Waals surface area contributed by atoms with E-state index in [9.17, 15) is 4.39 Å². The Morgan fingerprint density at radius 1 is 1.15 bits per heavy atom. The molecule has 0 fully saturated rings. The van der Waals surface area contributed by atoms with E-state index in [4.69, 9.17) is 11.6 Å². The first-order valence-electron chi connectivity index (χ1n) is 6.93. The van der Waals surface area contributed by atoms with Crippen LogP contribution in [0.3, 0.4) is 0 Å². The van der Waals surface area contributed by atoms with Gasteiger partial charge in [0.05, 0.1) is 6.04 Å². The number of nitrogens with one attached hydrogen (secondary N) is 1. The minimum atomic E-state index is -0.266. The zero-order chi connectivity index (χ0) is 14.1. The molecule has 1 unspecified atom stereocenters. The molecule has 20 heavy (non-hydrogen) atoms. The van der Waals surface area contributed by atoms with Crippen molar-refractivity contribution >= 4 is 11.6 Å². The van der Waals surface area contributed by atoms with Crippen LogP contribution in [0.4, 0.5) is 4.39 Å². The first-order chi connectivity index (χ1) is 9.70. The third-order valence-electron chi connectivity index (χ3n) is 4.03. The average molecular weight is 290 g/mol. The zero-order valence-electron chi connectivity index (χ0n) is 11.4. The third-order valence-corrected chi connectivity index (χ3v) is 4.36. The SMILES string of the molecule is CNC(c1ccc2c(c1)CCC2)c1c(F)cccc1Cl. The molecule has 1 atom stereocenters. The maximum atomic E-state index is 14.1. The van der Waals surface area contributed by atoms with Crippen molar-refractivity contribution < 1.29 is 4.39 Å². The fourth-order valence-electron chi connectivity index (χ4n) is 3.04. The smallest absolute Gasteiger partial charge is 0.129 e. The fraction of sp³-hybridized carbons (Fsp3) is 0.294. The molecule has 1 aliphatic rings. The second kappa shape index (κ2) is 5.55. The second-order valence-corrected chi connectivity index (χ2v) is 5.65. The van der Waals surface area contributed by atoms with Gasteiger partial charge in [0, 0.05) is 10.6 Å². The molecular weight excluding hydrogens is 273 g/mol. The van der Waals surface area contributed by atoms with Gasteiger partial charge in [-0.15, -0.1) is 0 Å². The number of aryl methyl sites for hydroxylation is 2. The maximum absolute atomic E-state index is 14.1. The van der Waals surface area contributed by atoms with Crippen LogP contribution in [0.25, 0.3) is 0 Å². The molecule has 1 aliphatic carbocycles. The number of hydrogen-bond donors (Lipinski definition) is 1.